The number of carbonyl (C=O) groups is 1. The van der Waals surface area contributed by atoms with E-state index in [1.54, 1.807) is 47.2 Å². The number of pyridine rings is 2. The fourth-order valence-electron chi connectivity index (χ4n) is 2.73. The minimum Gasteiger partial charge on any atom is -0.491 e. The second kappa shape index (κ2) is 10.3. The summed E-state index contributed by atoms with van der Waals surface area (Å²) in [7, 11) is 2.82. The molecule has 9 heteroatoms. The molecule has 3 aromatic heterocycles. The van der Waals surface area contributed by atoms with Gasteiger partial charge in [0, 0.05) is 17.5 Å². The van der Waals surface area contributed by atoms with Gasteiger partial charge in [0.2, 0.25) is 0 Å². The topological polar surface area (TPSA) is 107 Å². The van der Waals surface area contributed by atoms with Gasteiger partial charge in [-0.25, -0.2) is 19.7 Å². The van der Waals surface area contributed by atoms with Gasteiger partial charge in [-0.1, -0.05) is 0 Å². The molecule has 0 aromatic carbocycles. The minimum absolute atomic E-state index is 0.151. The Labute approximate surface area is 183 Å². The number of hydrogen-bond acceptors (Lipinski definition) is 9. The number of ether oxygens (including phenoxy) is 3. The molecule has 158 valence electrons. The number of rotatable bonds is 8. The molecule has 8 nitrogen and oxygen atoms in total. The van der Waals surface area contributed by atoms with Crippen molar-refractivity contribution >= 4 is 29.0 Å². The third-order valence-corrected chi connectivity index (χ3v) is 5.34. The largest absolute Gasteiger partial charge is 0.491 e. The Morgan fingerprint density at radius 2 is 2.06 bits per heavy atom. The first-order valence-electron chi connectivity index (χ1n) is 9.29. The van der Waals surface area contributed by atoms with E-state index in [2.05, 4.69) is 25.8 Å². The van der Waals surface area contributed by atoms with Crippen molar-refractivity contribution in [3.05, 3.63) is 63.5 Å². The fraction of sp³-hybridized carbons (Fsp3) is 0.227. The maximum Gasteiger partial charge on any atom is 0.356 e. The molecule has 0 unspecified atom stereocenters. The van der Waals surface area contributed by atoms with Crippen LogP contribution in [0, 0.1) is 18.3 Å². The number of nitriles is 1. The van der Waals surface area contributed by atoms with Gasteiger partial charge in [0.1, 0.15) is 11.8 Å². The zero-order valence-electron chi connectivity index (χ0n) is 17.3. The molecule has 0 fully saturated rings. The van der Waals surface area contributed by atoms with Crippen LogP contribution in [0.5, 0.6) is 11.6 Å². The monoisotopic (exact) mass is 436 g/mol. The number of hydrogen-bond donors (Lipinski definition) is 0. The highest BCUT2D eigenvalue weighted by atomic mass is 32.1. The quantitative estimate of drug-likeness (QED) is 0.388. The number of esters is 1. The van der Waals surface area contributed by atoms with E-state index in [0.29, 0.717) is 41.5 Å². The number of allylic oxidation sites excluding steroid dienone is 1. The Kier molecular flexibility index (Phi) is 7.30. The minimum atomic E-state index is -0.553. The zero-order valence-corrected chi connectivity index (χ0v) is 18.1. The molecule has 0 saturated carbocycles. The van der Waals surface area contributed by atoms with Gasteiger partial charge in [-0.05, 0) is 42.8 Å². The van der Waals surface area contributed by atoms with E-state index >= 15 is 0 Å². The fourth-order valence-corrected chi connectivity index (χ4v) is 3.49. The highest BCUT2D eigenvalue weighted by molar-refractivity contribution is 7.09. The van der Waals surface area contributed by atoms with Gasteiger partial charge in [0.25, 0.3) is 5.88 Å². The Hall–Kier alpha value is -3.77. The van der Waals surface area contributed by atoms with Gasteiger partial charge in [0.15, 0.2) is 5.75 Å². The van der Waals surface area contributed by atoms with Gasteiger partial charge >= 0.3 is 5.97 Å². The number of aromatic nitrogens is 3. The van der Waals surface area contributed by atoms with Crippen LogP contribution in [0.4, 0.5) is 0 Å². The first kappa shape index (κ1) is 21.9. The average molecular weight is 436 g/mol. The molecule has 0 saturated heterocycles. The Bertz CT molecular complexity index is 1150. The Morgan fingerprint density at radius 3 is 2.74 bits per heavy atom. The Balaban J connectivity index is 1.84. The highest BCUT2D eigenvalue weighted by Gasteiger charge is 2.13. The zero-order chi connectivity index (χ0) is 22.2. The van der Waals surface area contributed by atoms with Gasteiger partial charge < -0.3 is 14.2 Å². The summed E-state index contributed by atoms with van der Waals surface area (Å²) in [5, 5.41) is 9.67. The molecule has 3 heterocycles. The van der Waals surface area contributed by atoms with Crippen LogP contribution in [0.1, 0.15) is 32.3 Å². The second-order valence-corrected chi connectivity index (χ2v) is 7.24. The van der Waals surface area contributed by atoms with Crippen molar-refractivity contribution in [1.29, 1.82) is 5.26 Å². The Morgan fingerprint density at radius 1 is 1.23 bits per heavy atom. The number of nitrogens with zero attached hydrogens (tertiary/aromatic N) is 4. The van der Waals surface area contributed by atoms with E-state index in [1.165, 1.54) is 20.4 Å². The van der Waals surface area contributed by atoms with Gasteiger partial charge in [-0.2, -0.15) is 5.26 Å². The van der Waals surface area contributed by atoms with E-state index in [9.17, 15) is 10.1 Å². The summed E-state index contributed by atoms with van der Waals surface area (Å²) < 4.78 is 15.9. The van der Waals surface area contributed by atoms with E-state index in [0.717, 1.165) is 10.6 Å². The standard InChI is InChI=1S/C22H20N4O4S/c1-14-20(31-13-25-14)7-9-30-21-19(28-2)5-4-17(26-21)16(12-23)10-15-6-8-24-18(11-15)22(27)29-3/h4-6,8,10-11,13H,7,9H2,1-3H3/b16-10+. The van der Waals surface area contributed by atoms with Crippen LogP contribution in [-0.4, -0.2) is 41.7 Å². The van der Waals surface area contributed by atoms with Crippen molar-refractivity contribution in [2.75, 3.05) is 20.8 Å². The van der Waals surface area contributed by atoms with Crippen LogP contribution >= 0.6 is 11.3 Å². The number of aryl methyl sites for hydroxylation is 1. The van der Waals surface area contributed by atoms with Crippen molar-refractivity contribution in [3.63, 3.8) is 0 Å². The van der Waals surface area contributed by atoms with Crippen LogP contribution in [0.15, 0.2) is 36.0 Å². The maximum atomic E-state index is 11.7. The molecular weight excluding hydrogens is 416 g/mol. The molecule has 31 heavy (non-hydrogen) atoms. The molecule has 0 radical (unpaired) electrons. The molecule has 0 aliphatic carbocycles. The van der Waals surface area contributed by atoms with Crippen molar-refractivity contribution in [2.24, 2.45) is 0 Å². The summed E-state index contributed by atoms with van der Waals surface area (Å²) in [5.41, 5.74) is 4.28. The van der Waals surface area contributed by atoms with Crippen LogP contribution in [0.3, 0.4) is 0 Å². The predicted octanol–water partition coefficient (Wildman–Crippen LogP) is 3.72. The predicted molar refractivity (Wildman–Crippen MR) is 116 cm³/mol. The van der Waals surface area contributed by atoms with Crippen molar-refractivity contribution < 1.29 is 19.0 Å². The molecule has 0 atom stereocenters. The molecule has 0 spiro atoms. The van der Waals surface area contributed by atoms with Crippen LogP contribution < -0.4 is 9.47 Å². The van der Waals surface area contributed by atoms with Gasteiger partial charge in [-0.15, -0.1) is 11.3 Å². The lowest BCUT2D eigenvalue weighted by atomic mass is 10.1. The van der Waals surface area contributed by atoms with E-state index in [-0.39, 0.29) is 5.69 Å². The van der Waals surface area contributed by atoms with Gasteiger partial charge in [0.05, 0.1) is 43.3 Å². The normalized spacial score (nSPS) is 11.0. The van der Waals surface area contributed by atoms with Crippen molar-refractivity contribution in [2.45, 2.75) is 13.3 Å². The van der Waals surface area contributed by atoms with Crippen molar-refractivity contribution in [1.82, 2.24) is 15.0 Å². The summed E-state index contributed by atoms with van der Waals surface area (Å²) in [5.74, 6) is 0.218. The number of methoxy groups -OCH3 is 2. The molecule has 0 bridgehead atoms. The summed E-state index contributed by atoms with van der Waals surface area (Å²) in [6.45, 7) is 2.36. The molecule has 3 aromatic rings. The summed E-state index contributed by atoms with van der Waals surface area (Å²) >= 11 is 1.58. The van der Waals surface area contributed by atoms with E-state index < -0.39 is 5.97 Å². The van der Waals surface area contributed by atoms with Crippen LogP contribution in [0.25, 0.3) is 11.6 Å². The SMILES string of the molecule is COC(=O)c1cc(/C=C(\C#N)c2ccc(OC)c(OCCc3scnc3C)n2)ccn1. The third-order valence-electron chi connectivity index (χ3n) is 4.34. The molecule has 0 N–H and O–H groups in total. The molecule has 0 amide bonds. The highest BCUT2D eigenvalue weighted by Crippen LogP contribution is 2.28. The maximum absolute atomic E-state index is 11.7. The first-order valence-corrected chi connectivity index (χ1v) is 10.2. The lowest BCUT2D eigenvalue weighted by Crippen LogP contribution is -2.05. The lowest BCUT2D eigenvalue weighted by molar-refractivity contribution is 0.0594. The molecular formula is C22H20N4O4S. The second-order valence-electron chi connectivity index (χ2n) is 6.30. The smallest absolute Gasteiger partial charge is 0.356 e. The van der Waals surface area contributed by atoms with E-state index in [1.807, 2.05) is 6.92 Å². The van der Waals surface area contributed by atoms with Crippen LogP contribution in [0.2, 0.25) is 0 Å². The first-order chi connectivity index (χ1) is 15.0. The lowest BCUT2D eigenvalue weighted by Gasteiger charge is -2.11. The summed E-state index contributed by atoms with van der Waals surface area (Å²) in [6.07, 6.45) is 3.79. The number of carbonyl (C=O) groups excluding carboxylic acids is 1. The van der Waals surface area contributed by atoms with Gasteiger partial charge in [-0.3, -0.25) is 0 Å². The van der Waals surface area contributed by atoms with Crippen molar-refractivity contribution in [3.8, 4) is 17.7 Å². The molecule has 0 aliphatic heterocycles. The number of thiazole rings is 1. The molecule has 3 rings (SSSR count). The average Bonchev–Trinajstić information content (AvgIpc) is 3.21. The van der Waals surface area contributed by atoms with Crippen LogP contribution in [-0.2, 0) is 11.2 Å². The summed E-state index contributed by atoms with van der Waals surface area (Å²) in [6, 6.07) is 8.74. The third kappa shape index (κ3) is 5.43. The van der Waals surface area contributed by atoms with E-state index in [4.69, 9.17) is 9.47 Å². The summed E-state index contributed by atoms with van der Waals surface area (Å²) in [4.78, 5) is 25.5. The molecule has 0 aliphatic rings.